The number of nitrogens with zero attached hydrogens (tertiary/aromatic N) is 3. The molecule has 17 nitrogen and oxygen atoms in total. The van der Waals surface area contributed by atoms with Crippen molar-refractivity contribution >= 4 is 75.0 Å². The van der Waals surface area contributed by atoms with Gasteiger partial charge in [-0.2, -0.15) is 0 Å². The summed E-state index contributed by atoms with van der Waals surface area (Å²) in [5, 5.41) is 68.4. The first-order valence-electron chi connectivity index (χ1n) is 13.1. The number of aliphatic carboxylic acids is 5. The Kier molecular flexibility index (Phi) is 15.3. The summed E-state index contributed by atoms with van der Waals surface area (Å²) >= 11 is 3.73. The molecular weight excluding hydrogens is 844 g/mol. The minimum absolute atomic E-state index is 0.0248. The monoisotopic (exact) mass is 875 g/mol. The molecule has 46 heavy (non-hydrogen) atoms. The van der Waals surface area contributed by atoms with Gasteiger partial charge in [-0.05, 0) is 85.8 Å². The van der Waals surface area contributed by atoms with Gasteiger partial charge in [-0.3, -0.25) is 38.7 Å². The fourth-order valence-electron chi connectivity index (χ4n) is 4.26. The highest BCUT2D eigenvalue weighted by molar-refractivity contribution is 14.1. The van der Waals surface area contributed by atoms with E-state index in [1.54, 1.807) is 0 Å². The fourth-order valence-corrected chi connectivity index (χ4v) is 6.16. The smallest absolute Gasteiger partial charge is 0.334 e. The van der Waals surface area contributed by atoms with Crippen LogP contribution in [-0.4, -0.2) is 133 Å². The molecule has 0 aliphatic heterocycles. The van der Waals surface area contributed by atoms with Crippen LogP contribution >= 0.6 is 45.2 Å². The average molecular weight is 875 g/mol. The molecule has 0 spiro atoms. The van der Waals surface area contributed by atoms with Gasteiger partial charge < -0.3 is 35.7 Å². The molecule has 0 unspecified atom stereocenters. The van der Waals surface area contributed by atoms with Crippen molar-refractivity contribution in [3.63, 3.8) is 0 Å². The van der Waals surface area contributed by atoms with E-state index in [9.17, 15) is 59.7 Å². The lowest BCUT2D eigenvalue weighted by Gasteiger charge is -2.39. The van der Waals surface area contributed by atoms with Gasteiger partial charge in [0.15, 0.2) is 5.54 Å². The van der Waals surface area contributed by atoms with Crippen LogP contribution in [0.4, 0.5) is 0 Å². The molecule has 1 atom stereocenters. The van der Waals surface area contributed by atoms with Gasteiger partial charge in [-0.1, -0.05) is 12.1 Å². The summed E-state index contributed by atoms with van der Waals surface area (Å²) in [6.07, 6.45) is -0.388. The van der Waals surface area contributed by atoms with Gasteiger partial charge in [0, 0.05) is 19.5 Å². The quantitative estimate of drug-likeness (QED) is 0.0681. The third-order valence-electron chi connectivity index (χ3n) is 6.21. The van der Waals surface area contributed by atoms with E-state index < -0.39 is 74.8 Å². The molecular formula is C27H31I2N3O14. The Balaban J connectivity index is 2.61. The van der Waals surface area contributed by atoms with Crippen molar-refractivity contribution in [1.29, 1.82) is 0 Å². The summed E-state index contributed by atoms with van der Waals surface area (Å²) in [5.41, 5.74) is -1.86. The Hall–Kier alpha value is -3.35. The Morgan fingerprint density at radius 2 is 1.07 bits per heavy atom. The summed E-state index contributed by atoms with van der Waals surface area (Å²) in [6, 6.07) is 8.08. The number of rotatable bonds is 21. The molecule has 0 amide bonds. The molecule has 0 fully saturated rings. The van der Waals surface area contributed by atoms with Gasteiger partial charge in [0.2, 0.25) is 0 Å². The zero-order valence-electron chi connectivity index (χ0n) is 23.9. The Labute approximate surface area is 288 Å². The third-order valence-corrected chi connectivity index (χ3v) is 7.86. The van der Waals surface area contributed by atoms with Crippen molar-refractivity contribution in [3.8, 4) is 11.5 Å². The molecule has 0 aliphatic rings. The molecule has 0 bridgehead atoms. The van der Waals surface area contributed by atoms with E-state index in [0.29, 0.717) is 17.9 Å². The highest BCUT2D eigenvalue weighted by Gasteiger charge is 2.49. The zero-order valence-corrected chi connectivity index (χ0v) is 28.2. The minimum atomic E-state index is -2.27. The number of hydrogen-bond acceptors (Lipinski definition) is 12. The summed E-state index contributed by atoms with van der Waals surface area (Å²) in [4.78, 5) is 72.0. The maximum absolute atomic E-state index is 13.3. The molecule has 19 heteroatoms. The second kappa shape index (κ2) is 18.1. The summed E-state index contributed by atoms with van der Waals surface area (Å²) in [5.74, 6) is -7.07. The maximum Gasteiger partial charge on any atom is 0.334 e. The number of carbonyl (C=O) groups is 5. The maximum atomic E-state index is 13.3. The number of phenols is 2. The van der Waals surface area contributed by atoms with Gasteiger partial charge in [-0.25, -0.2) is 4.79 Å². The fraction of sp³-hybridized carbons (Fsp3) is 0.370. The Morgan fingerprint density at radius 1 is 0.674 bits per heavy atom. The van der Waals surface area contributed by atoms with Crippen LogP contribution in [-0.2, 0) is 45.6 Å². The molecule has 7 N–H and O–H groups in total. The second-order valence-corrected chi connectivity index (χ2v) is 12.0. The normalized spacial score (nSPS) is 12.7. The number of carboxylic acid groups (broad SMARTS) is 5. The van der Waals surface area contributed by atoms with Crippen molar-refractivity contribution in [3.05, 3.63) is 54.7 Å². The number of hydrogen-bond donors (Lipinski definition) is 7. The van der Waals surface area contributed by atoms with Gasteiger partial charge in [0.1, 0.15) is 11.5 Å². The molecule has 0 saturated heterocycles. The van der Waals surface area contributed by atoms with Crippen molar-refractivity contribution in [2.45, 2.75) is 12.0 Å². The molecule has 2 aromatic rings. The SMILES string of the molecule is O=C(O)CN(CCON(OCCN(CC(=O)O)CC(=O)O)[C@](Cc1cc(I)c(O)c(I)c1)(C(=O)O)c1ccc(O)cc1)CC(=O)O. The minimum Gasteiger partial charge on any atom is -0.508 e. The van der Waals surface area contributed by atoms with Crippen LogP contribution in [0.1, 0.15) is 11.1 Å². The number of halogens is 2. The van der Waals surface area contributed by atoms with E-state index in [-0.39, 0.29) is 36.6 Å². The molecule has 0 heterocycles. The van der Waals surface area contributed by atoms with Crippen molar-refractivity contribution in [2.24, 2.45) is 0 Å². The van der Waals surface area contributed by atoms with Crippen LogP contribution in [0.3, 0.4) is 0 Å². The van der Waals surface area contributed by atoms with E-state index in [4.69, 9.17) is 9.68 Å². The highest BCUT2D eigenvalue weighted by Crippen LogP contribution is 2.37. The van der Waals surface area contributed by atoms with E-state index in [0.717, 1.165) is 9.80 Å². The largest absolute Gasteiger partial charge is 0.508 e. The van der Waals surface area contributed by atoms with Crippen LogP contribution in [0.2, 0.25) is 0 Å². The number of carboxylic acids is 5. The van der Waals surface area contributed by atoms with E-state index in [1.807, 2.05) is 45.2 Å². The van der Waals surface area contributed by atoms with Crippen molar-refractivity contribution in [1.82, 2.24) is 15.0 Å². The lowest BCUT2D eigenvalue weighted by molar-refractivity contribution is -0.412. The van der Waals surface area contributed by atoms with Crippen molar-refractivity contribution < 1.29 is 69.4 Å². The molecule has 2 aromatic carbocycles. The topological polar surface area (TPSA) is 255 Å². The first-order valence-corrected chi connectivity index (χ1v) is 15.3. The molecule has 0 aromatic heterocycles. The lowest BCUT2D eigenvalue weighted by atomic mass is 9.84. The number of aromatic hydroxyl groups is 2. The predicted molar refractivity (Wildman–Crippen MR) is 172 cm³/mol. The van der Waals surface area contributed by atoms with Crippen LogP contribution in [0, 0.1) is 7.14 Å². The standard InChI is InChI=1S/C27H31I2N3O14/c28-19-9-16(10-20(29)25(19)42)11-27(26(43)44,17-1-3-18(33)4-2-17)32(45-7-5-30(12-21(34)35)13-22(36)37)46-8-6-31(14-23(38)39)15-24(40)41/h1-4,9-10,33,42H,5-8,11-15H2,(H,34,35)(H,36,37)(H,38,39)(H,40,41)(H,43,44)/t27-/m0/s1. The first kappa shape index (κ1) is 38.8. The highest BCUT2D eigenvalue weighted by atomic mass is 127. The number of hydroxylamine groups is 2. The predicted octanol–water partition coefficient (Wildman–Crippen LogP) is 0.937. The summed E-state index contributed by atoms with van der Waals surface area (Å²) < 4.78 is 0.794. The number of benzene rings is 2. The van der Waals surface area contributed by atoms with Crippen LogP contribution in [0.15, 0.2) is 36.4 Å². The van der Waals surface area contributed by atoms with E-state index in [1.165, 1.54) is 36.4 Å². The Morgan fingerprint density at radius 3 is 1.41 bits per heavy atom. The Bertz CT molecular complexity index is 1310. The summed E-state index contributed by atoms with van der Waals surface area (Å²) in [7, 11) is 0. The second-order valence-electron chi connectivity index (χ2n) is 9.72. The van der Waals surface area contributed by atoms with E-state index in [2.05, 4.69) is 0 Å². The van der Waals surface area contributed by atoms with Crippen LogP contribution in [0.5, 0.6) is 11.5 Å². The third kappa shape index (κ3) is 11.8. The molecule has 2 rings (SSSR count). The average Bonchev–Trinajstić information content (AvgIpc) is 2.92. The molecule has 0 radical (unpaired) electrons. The summed E-state index contributed by atoms with van der Waals surface area (Å²) in [6.45, 7) is -4.33. The van der Waals surface area contributed by atoms with Gasteiger partial charge in [0.25, 0.3) is 0 Å². The zero-order chi connectivity index (χ0) is 34.6. The molecule has 0 saturated carbocycles. The molecule has 0 aliphatic carbocycles. The van der Waals surface area contributed by atoms with Gasteiger partial charge in [0.05, 0.1) is 46.5 Å². The number of phenolic OH excluding ortho intramolecular Hbond substituents is 2. The van der Waals surface area contributed by atoms with Gasteiger partial charge in [-0.15, -0.1) is 0 Å². The lowest BCUT2D eigenvalue weighted by Crippen LogP contribution is -2.54. The molecule has 252 valence electrons. The van der Waals surface area contributed by atoms with Gasteiger partial charge >= 0.3 is 29.8 Å². The van der Waals surface area contributed by atoms with Crippen LogP contribution < -0.4 is 0 Å². The first-order chi connectivity index (χ1) is 21.5. The van der Waals surface area contributed by atoms with Crippen molar-refractivity contribution in [2.75, 3.05) is 52.5 Å². The van der Waals surface area contributed by atoms with Crippen LogP contribution in [0.25, 0.3) is 0 Å². The van der Waals surface area contributed by atoms with E-state index >= 15 is 0 Å².